The van der Waals surface area contributed by atoms with E-state index in [-0.39, 0.29) is 30.6 Å². The third-order valence-corrected chi connectivity index (χ3v) is 9.59. The largest absolute Gasteiger partial charge is 0.466 e. The van der Waals surface area contributed by atoms with Gasteiger partial charge in [0.25, 0.3) is 0 Å². The maximum Gasteiger partial charge on any atom is 0.308 e. The van der Waals surface area contributed by atoms with E-state index in [0.717, 1.165) is 103 Å². The van der Waals surface area contributed by atoms with Crippen molar-refractivity contribution >= 4 is 11.9 Å². The maximum atomic E-state index is 13.0. The molecule has 0 aliphatic carbocycles. The molecular weight excluding hydrogens is 586 g/mol. The number of rotatable bonds is 37. The van der Waals surface area contributed by atoms with Crippen LogP contribution in [0.5, 0.6) is 0 Å². The van der Waals surface area contributed by atoms with Gasteiger partial charge in [-0.1, -0.05) is 143 Å². The molecule has 0 bridgehead atoms. The van der Waals surface area contributed by atoms with Crippen LogP contribution < -0.4 is 0 Å². The lowest BCUT2D eigenvalue weighted by Crippen LogP contribution is -2.29. The van der Waals surface area contributed by atoms with Gasteiger partial charge < -0.3 is 19.5 Å². The molecule has 0 fully saturated rings. The molecule has 2 unspecified atom stereocenters. The van der Waals surface area contributed by atoms with Crippen LogP contribution in [0.15, 0.2) is 0 Å². The van der Waals surface area contributed by atoms with Crippen LogP contribution in [0.4, 0.5) is 0 Å². The summed E-state index contributed by atoms with van der Waals surface area (Å²) in [7, 11) is 0. The molecule has 0 rings (SSSR count). The monoisotopic (exact) mass is 668 g/mol. The standard InChI is InChI=1S/C41H81NO5/c1-5-8-11-14-17-24-31-39(30-23-16-12-9-6-2)47-41(45)38(4)29-22-19-21-27-34-42(35-36-43)33-26-20-15-18-25-32-40(44)46-37-28-13-10-7-3/h38-39,43H,5-37H2,1-4H3. The Morgan fingerprint density at radius 2 is 1.00 bits per heavy atom. The first kappa shape index (κ1) is 45.9. The highest BCUT2D eigenvalue weighted by molar-refractivity contribution is 5.72. The zero-order chi connectivity index (χ0) is 34.6. The molecule has 0 aromatic heterocycles. The summed E-state index contributed by atoms with van der Waals surface area (Å²) in [5.41, 5.74) is 0. The lowest BCUT2D eigenvalue weighted by atomic mass is 10.0. The van der Waals surface area contributed by atoms with E-state index in [9.17, 15) is 14.7 Å². The van der Waals surface area contributed by atoms with Crippen molar-refractivity contribution in [2.75, 3.05) is 32.8 Å². The second-order valence-corrected chi connectivity index (χ2v) is 14.3. The zero-order valence-electron chi connectivity index (χ0n) is 32.0. The number of aliphatic hydroxyl groups is 1. The Morgan fingerprint density at radius 1 is 0.553 bits per heavy atom. The van der Waals surface area contributed by atoms with Gasteiger partial charge in [-0.2, -0.15) is 0 Å². The molecule has 1 N–H and O–H groups in total. The van der Waals surface area contributed by atoms with E-state index in [0.29, 0.717) is 13.0 Å². The minimum Gasteiger partial charge on any atom is -0.466 e. The number of nitrogens with zero attached hydrogens (tertiary/aromatic N) is 1. The Bertz CT molecular complexity index is 672. The van der Waals surface area contributed by atoms with E-state index in [1.165, 1.54) is 89.9 Å². The van der Waals surface area contributed by atoms with Crippen LogP contribution in [-0.2, 0) is 19.1 Å². The molecule has 0 saturated heterocycles. The quantitative estimate of drug-likeness (QED) is 0.0525. The topological polar surface area (TPSA) is 76.1 Å². The molecule has 2 atom stereocenters. The predicted molar refractivity (Wildman–Crippen MR) is 200 cm³/mol. The third kappa shape index (κ3) is 31.9. The van der Waals surface area contributed by atoms with Gasteiger partial charge in [-0.25, -0.2) is 0 Å². The number of aliphatic hydroxyl groups excluding tert-OH is 1. The summed E-state index contributed by atoms with van der Waals surface area (Å²) in [4.78, 5) is 27.2. The third-order valence-electron chi connectivity index (χ3n) is 9.59. The number of hydrogen-bond acceptors (Lipinski definition) is 6. The Hall–Kier alpha value is -1.14. The molecule has 0 aromatic carbocycles. The van der Waals surface area contributed by atoms with Crippen LogP contribution >= 0.6 is 0 Å². The van der Waals surface area contributed by atoms with Crippen LogP contribution in [-0.4, -0.2) is 60.9 Å². The molecular formula is C41H81NO5. The number of esters is 2. The lowest BCUT2D eigenvalue weighted by molar-refractivity contribution is -0.154. The van der Waals surface area contributed by atoms with Gasteiger partial charge in [-0.05, 0) is 70.9 Å². The molecule has 0 heterocycles. The van der Waals surface area contributed by atoms with Crippen molar-refractivity contribution in [3.63, 3.8) is 0 Å². The normalized spacial score (nSPS) is 12.8. The fourth-order valence-corrected chi connectivity index (χ4v) is 6.33. The highest BCUT2D eigenvalue weighted by Gasteiger charge is 2.19. The van der Waals surface area contributed by atoms with Gasteiger partial charge in [0.15, 0.2) is 0 Å². The molecule has 47 heavy (non-hydrogen) atoms. The maximum absolute atomic E-state index is 13.0. The Balaban J connectivity index is 4.09. The Morgan fingerprint density at radius 3 is 1.53 bits per heavy atom. The Kier molecular flexibility index (Phi) is 35.3. The second-order valence-electron chi connectivity index (χ2n) is 14.3. The average molecular weight is 668 g/mol. The molecule has 6 nitrogen and oxygen atoms in total. The van der Waals surface area contributed by atoms with Crippen molar-refractivity contribution in [2.24, 2.45) is 5.92 Å². The highest BCUT2D eigenvalue weighted by Crippen LogP contribution is 2.20. The van der Waals surface area contributed by atoms with Gasteiger partial charge in [-0.3, -0.25) is 9.59 Å². The van der Waals surface area contributed by atoms with Crippen LogP contribution in [0.3, 0.4) is 0 Å². The van der Waals surface area contributed by atoms with E-state index in [1.54, 1.807) is 0 Å². The summed E-state index contributed by atoms with van der Waals surface area (Å²) in [6.07, 6.45) is 32.1. The van der Waals surface area contributed by atoms with Crippen LogP contribution in [0, 0.1) is 5.92 Å². The summed E-state index contributed by atoms with van der Waals surface area (Å²) in [6.45, 7) is 12.3. The number of ether oxygens (including phenoxy) is 2. The van der Waals surface area contributed by atoms with Gasteiger partial charge in [0.05, 0.1) is 19.1 Å². The molecule has 0 aliphatic rings. The summed E-state index contributed by atoms with van der Waals surface area (Å²) in [6, 6.07) is 0. The van der Waals surface area contributed by atoms with E-state index in [2.05, 4.69) is 32.6 Å². The van der Waals surface area contributed by atoms with Gasteiger partial charge in [0.1, 0.15) is 6.10 Å². The van der Waals surface area contributed by atoms with Crippen molar-refractivity contribution in [3.8, 4) is 0 Å². The molecule has 0 amide bonds. The molecule has 0 aromatic rings. The zero-order valence-corrected chi connectivity index (χ0v) is 32.0. The average Bonchev–Trinajstić information content (AvgIpc) is 3.06. The molecule has 6 heteroatoms. The predicted octanol–water partition coefficient (Wildman–Crippen LogP) is 11.4. The van der Waals surface area contributed by atoms with E-state index in [4.69, 9.17) is 9.47 Å². The summed E-state index contributed by atoms with van der Waals surface area (Å²) in [5.74, 6) is -0.0448. The lowest BCUT2D eigenvalue weighted by Gasteiger charge is -2.21. The summed E-state index contributed by atoms with van der Waals surface area (Å²) in [5, 5.41) is 9.53. The van der Waals surface area contributed by atoms with Crippen LogP contribution in [0.1, 0.15) is 207 Å². The first-order valence-electron chi connectivity index (χ1n) is 20.7. The number of carbonyl (C=O) groups excluding carboxylic acids is 2. The fraction of sp³-hybridized carbons (Fsp3) is 0.951. The van der Waals surface area contributed by atoms with Crippen molar-refractivity contribution in [3.05, 3.63) is 0 Å². The number of hydrogen-bond donors (Lipinski definition) is 1. The molecule has 0 radical (unpaired) electrons. The molecule has 280 valence electrons. The van der Waals surface area contributed by atoms with Crippen molar-refractivity contribution in [1.29, 1.82) is 0 Å². The minimum absolute atomic E-state index is 0.0152. The number of carbonyl (C=O) groups is 2. The Labute approximate surface area is 292 Å². The van der Waals surface area contributed by atoms with Crippen LogP contribution in [0.2, 0.25) is 0 Å². The van der Waals surface area contributed by atoms with E-state index < -0.39 is 0 Å². The van der Waals surface area contributed by atoms with Gasteiger partial charge >= 0.3 is 11.9 Å². The van der Waals surface area contributed by atoms with Crippen LogP contribution in [0.25, 0.3) is 0 Å². The van der Waals surface area contributed by atoms with Gasteiger partial charge in [-0.15, -0.1) is 0 Å². The SMILES string of the molecule is CCCCCCCCC(CCCCCCC)OC(=O)C(C)CCCCCCN(CCO)CCCCCCCC(=O)OCCCCCC. The second kappa shape index (κ2) is 36.1. The summed E-state index contributed by atoms with van der Waals surface area (Å²) >= 11 is 0. The first-order valence-corrected chi connectivity index (χ1v) is 20.7. The smallest absolute Gasteiger partial charge is 0.308 e. The van der Waals surface area contributed by atoms with Gasteiger partial charge in [0.2, 0.25) is 0 Å². The summed E-state index contributed by atoms with van der Waals surface area (Å²) < 4.78 is 11.4. The fourth-order valence-electron chi connectivity index (χ4n) is 6.33. The highest BCUT2D eigenvalue weighted by atomic mass is 16.5. The van der Waals surface area contributed by atoms with Crippen molar-refractivity contribution < 1.29 is 24.2 Å². The molecule has 0 aliphatic heterocycles. The number of unbranched alkanes of at least 4 members (excludes halogenated alkanes) is 19. The van der Waals surface area contributed by atoms with E-state index >= 15 is 0 Å². The van der Waals surface area contributed by atoms with Crippen molar-refractivity contribution in [2.45, 2.75) is 214 Å². The first-order chi connectivity index (χ1) is 23.0. The molecule has 0 saturated carbocycles. The van der Waals surface area contributed by atoms with Crippen molar-refractivity contribution in [1.82, 2.24) is 4.90 Å². The minimum atomic E-state index is -0.0408. The van der Waals surface area contributed by atoms with Gasteiger partial charge in [0, 0.05) is 13.0 Å². The van der Waals surface area contributed by atoms with E-state index in [1.807, 2.05) is 0 Å². The molecule has 0 spiro atoms.